The summed E-state index contributed by atoms with van der Waals surface area (Å²) < 4.78 is 5.64. The fraction of sp³-hybridized carbons (Fsp3) is 0.464. The summed E-state index contributed by atoms with van der Waals surface area (Å²) in [5.74, 6) is -1.50. The number of carboxylic acids is 1. The average Bonchev–Trinajstić information content (AvgIpc) is 3.14. The zero-order valence-corrected chi connectivity index (χ0v) is 20.5. The van der Waals surface area contributed by atoms with Crippen LogP contribution in [0.25, 0.3) is 11.1 Å². The van der Waals surface area contributed by atoms with Crippen molar-refractivity contribution in [1.29, 1.82) is 0 Å². The maximum atomic E-state index is 12.7. The second-order valence-corrected chi connectivity index (χ2v) is 10.7. The first kappa shape index (κ1) is 24.8. The molecule has 3 N–H and O–H groups in total. The highest BCUT2D eigenvalue weighted by Crippen LogP contribution is 2.44. The summed E-state index contributed by atoms with van der Waals surface area (Å²) in [5, 5.41) is 15.1. The van der Waals surface area contributed by atoms with Gasteiger partial charge in [-0.1, -0.05) is 69.3 Å². The quantitative estimate of drug-likeness (QED) is 0.558. The Hall–Kier alpha value is -3.35. The highest BCUT2D eigenvalue weighted by molar-refractivity contribution is 5.85. The average molecular weight is 479 g/mol. The van der Waals surface area contributed by atoms with Gasteiger partial charge in [0, 0.05) is 17.9 Å². The van der Waals surface area contributed by atoms with Gasteiger partial charge in [-0.25, -0.2) is 9.59 Å². The largest absolute Gasteiger partial charge is 0.480 e. The molecule has 1 fully saturated rings. The first-order chi connectivity index (χ1) is 16.6. The minimum atomic E-state index is -1.03. The molecule has 7 nitrogen and oxygen atoms in total. The monoisotopic (exact) mass is 478 g/mol. The van der Waals surface area contributed by atoms with Crippen LogP contribution in [0.15, 0.2) is 48.5 Å². The molecule has 0 bridgehead atoms. The zero-order chi connectivity index (χ0) is 25.2. The number of hydrogen-bond donors (Lipinski definition) is 3. The van der Waals surface area contributed by atoms with Crippen LogP contribution in [0.5, 0.6) is 0 Å². The SMILES string of the molecule is CC(C)(C)[C@H](NC(=O)C1CCC(NC(=O)OCC2c3ccccc3-c3ccccc32)CC1)C(=O)O. The van der Waals surface area contributed by atoms with E-state index in [1.165, 1.54) is 22.3 Å². The summed E-state index contributed by atoms with van der Waals surface area (Å²) >= 11 is 0. The van der Waals surface area contributed by atoms with Gasteiger partial charge in [-0.05, 0) is 53.4 Å². The van der Waals surface area contributed by atoms with Gasteiger partial charge in [-0.15, -0.1) is 0 Å². The Bertz CT molecular complexity index is 1050. The van der Waals surface area contributed by atoms with Crippen molar-refractivity contribution in [2.75, 3.05) is 6.61 Å². The molecule has 0 spiro atoms. The number of amides is 2. The fourth-order valence-electron chi connectivity index (χ4n) is 5.22. The third kappa shape index (κ3) is 5.50. The molecule has 0 radical (unpaired) electrons. The van der Waals surface area contributed by atoms with Crippen LogP contribution in [-0.4, -0.2) is 41.8 Å². The highest BCUT2D eigenvalue weighted by atomic mass is 16.5. The lowest BCUT2D eigenvalue weighted by Crippen LogP contribution is -2.51. The number of carbonyl (C=O) groups is 3. The maximum Gasteiger partial charge on any atom is 0.407 e. The van der Waals surface area contributed by atoms with Crippen LogP contribution in [0.1, 0.15) is 63.5 Å². The van der Waals surface area contributed by atoms with Gasteiger partial charge in [-0.2, -0.15) is 0 Å². The van der Waals surface area contributed by atoms with Gasteiger partial charge in [0.25, 0.3) is 0 Å². The molecule has 0 saturated heterocycles. The van der Waals surface area contributed by atoms with Crippen LogP contribution in [0.2, 0.25) is 0 Å². The Morgan fingerprint density at radius 3 is 2.00 bits per heavy atom. The van der Waals surface area contributed by atoms with E-state index in [2.05, 4.69) is 34.9 Å². The van der Waals surface area contributed by atoms with E-state index in [1.54, 1.807) is 20.8 Å². The van der Waals surface area contributed by atoms with E-state index < -0.39 is 23.5 Å². The highest BCUT2D eigenvalue weighted by Gasteiger charge is 2.36. The Morgan fingerprint density at radius 1 is 0.943 bits per heavy atom. The molecule has 35 heavy (non-hydrogen) atoms. The third-order valence-corrected chi connectivity index (χ3v) is 7.16. The van der Waals surface area contributed by atoms with Crippen molar-refractivity contribution in [3.8, 4) is 11.1 Å². The van der Waals surface area contributed by atoms with E-state index in [9.17, 15) is 19.5 Å². The maximum absolute atomic E-state index is 12.7. The molecule has 186 valence electrons. The van der Waals surface area contributed by atoms with Crippen LogP contribution < -0.4 is 10.6 Å². The number of hydrogen-bond acceptors (Lipinski definition) is 4. The zero-order valence-electron chi connectivity index (χ0n) is 20.5. The van der Waals surface area contributed by atoms with Crippen LogP contribution in [0.4, 0.5) is 4.79 Å². The van der Waals surface area contributed by atoms with E-state index in [1.807, 2.05) is 24.3 Å². The number of ether oxygens (including phenoxy) is 1. The second-order valence-electron chi connectivity index (χ2n) is 10.7. The first-order valence-electron chi connectivity index (χ1n) is 12.3. The summed E-state index contributed by atoms with van der Waals surface area (Å²) in [6, 6.07) is 15.4. The molecule has 2 amide bonds. The predicted octanol–water partition coefficient (Wildman–Crippen LogP) is 4.70. The van der Waals surface area contributed by atoms with Crippen LogP contribution >= 0.6 is 0 Å². The normalized spacial score (nSPS) is 20.3. The van der Waals surface area contributed by atoms with Crippen molar-refractivity contribution >= 4 is 18.0 Å². The molecule has 0 heterocycles. The molecular formula is C28H34N2O5. The Labute approximate surface area is 206 Å². The van der Waals surface area contributed by atoms with Crippen molar-refractivity contribution in [1.82, 2.24) is 10.6 Å². The summed E-state index contributed by atoms with van der Waals surface area (Å²) in [7, 11) is 0. The minimum absolute atomic E-state index is 0.0116. The summed E-state index contributed by atoms with van der Waals surface area (Å²) in [4.78, 5) is 36.8. The molecule has 1 saturated carbocycles. The van der Waals surface area contributed by atoms with Gasteiger partial charge in [0.2, 0.25) is 5.91 Å². The van der Waals surface area contributed by atoms with Crippen LogP contribution in [-0.2, 0) is 14.3 Å². The Balaban J connectivity index is 1.27. The van der Waals surface area contributed by atoms with Crippen molar-refractivity contribution in [2.24, 2.45) is 11.3 Å². The topological polar surface area (TPSA) is 105 Å². The minimum Gasteiger partial charge on any atom is -0.480 e. The van der Waals surface area contributed by atoms with Crippen molar-refractivity contribution in [3.63, 3.8) is 0 Å². The number of aliphatic carboxylic acids is 1. The molecular weight excluding hydrogens is 444 g/mol. The second kappa shape index (κ2) is 10.1. The van der Waals surface area contributed by atoms with Gasteiger partial charge in [0.1, 0.15) is 12.6 Å². The number of carboxylic acid groups (broad SMARTS) is 1. The Kier molecular flexibility index (Phi) is 7.15. The molecule has 0 aliphatic heterocycles. The van der Waals surface area contributed by atoms with Crippen LogP contribution in [0, 0.1) is 11.3 Å². The van der Waals surface area contributed by atoms with Gasteiger partial charge in [-0.3, -0.25) is 4.79 Å². The van der Waals surface area contributed by atoms with E-state index in [0.29, 0.717) is 25.7 Å². The summed E-state index contributed by atoms with van der Waals surface area (Å²) in [6.07, 6.45) is 2.04. The molecule has 0 unspecified atom stereocenters. The lowest BCUT2D eigenvalue weighted by atomic mass is 9.83. The summed E-state index contributed by atoms with van der Waals surface area (Å²) in [5.41, 5.74) is 4.13. The molecule has 7 heteroatoms. The molecule has 0 aromatic heterocycles. The van der Waals surface area contributed by atoms with Crippen molar-refractivity contribution < 1.29 is 24.2 Å². The Morgan fingerprint density at radius 2 is 1.49 bits per heavy atom. The molecule has 2 aliphatic rings. The smallest absolute Gasteiger partial charge is 0.407 e. The van der Waals surface area contributed by atoms with Crippen molar-refractivity contribution in [3.05, 3.63) is 59.7 Å². The van der Waals surface area contributed by atoms with E-state index in [4.69, 9.17) is 4.74 Å². The number of carbonyl (C=O) groups excluding carboxylic acids is 2. The molecule has 4 rings (SSSR count). The molecule has 1 atom stereocenters. The molecule has 2 aromatic carbocycles. The number of rotatable bonds is 6. The van der Waals surface area contributed by atoms with Crippen molar-refractivity contribution in [2.45, 2.75) is 64.5 Å². The lowest BCUT2D eigenvalue weighted by molar-refractivity contribution is -0.145. The lowest BCUT2D eigenvalue weighted by Gasteiger charge is -2.32. The molecule has 2 aliphatic carbocycles. The summed E-state index contributed by atoms with van der Waals surface area (Å²) in [6.45, 7) is 5.64. The van der Waals surface area contributed by atoms with E-state index in [0.717, 1.165) is 0 Å². The first-order valence-corrected chi connectivity index (χ1v) is 12.3. The standard InChI is InChI=1S/C28H34N2O5/c1-28(2,3)24(26(32)33)30-25(31)17-12-14-18(15-13-17)29-27(34)35-16-23-21-10-6-4-8-19(21)20-9-5-7-11-22(20)23/h4-11,17-18,23-24H,12-16H2,1-3H3,(H,29,34)(H,30,31)(H,32,33)/t17?,18?,24-/m1/s1. The van der Waals surface area contributed by atoms with Crippen LogP contribution in [0.3, 0.4) is 0 Å². The number of benzene rings is 2. The number of nitrogens with one attached hydrogen (secondary N) is 2. The third-order valence-electron chi connectivity index (χ3n) is 7.16. The predicted molar refractivity (Wildman–Crippen MR) is 133 cm³/mol. The van der Waals surface area contributed by atoms with Gasteiger partial charge < -0.3 is 20.5 Å². The van der Waals surface area contributed by atoms with E-state index >= 15 is 0 Å². The van der Waals surface area contributed by atoms with Gasteiger partial charge in [0.15, 0.2) is 0 Å². The molecule has 2 aromatic rings. The number of fused-ring (bicyclic) bond motifs is 3. The van der Waals surface area contributed by atoms with E-state index in [-0.39, 0.29) is 30.4 Å². The number of alkyl carbamates (subject to hydrolysis) is 1. The van der Waals surface area contributed by atoms with Gasteiger partial charge in [0.05, 0.1) is 0 Å². The van der Waals surface area contributed by atoms with Gasteiger partial charge >= 0.3 is 12.1 Å². The fourth-order valence-corrected chi connectivity index (χ4v) is 5.22.